The molecule has 1 fully saturated rings. The predicted molar refractivity (Wildman–Crippen MR) is 113 cm³/mol. The van der Waals surface area contributed by atoms with Crippen LogP contribution in [0, 0.1) is 11.6 Å². The van der Waals surface area contributed by atoms with Crippen LogP contribution in [0.1, 0.15) is 26.5 Å². The van der Waals surface area contributed by atoms with Crippen LogP contribution in [0.5, 0.6) is 0 Å². The number of piperazine rings is 1. The van der Waals surface area contributed by atoms with E-state index >= 15 is 0 Å². The number of carbonyl (C=O) groups is 3. The summed E-state index contributed by atoms with van der Waals surface area (Å²) < 4.78 is 28.2. The number of halogens is 2. The highest BCUT2D eigenvalue weighted by atomic mass is 19.2. The molecule has 0 bridgehead atoms. The SMILES string of the molecule is O=C(CN1C(=O)c2ccccc2C1=O)N1CCN(Cc2nnnn2-c2ccc(F)c(F)c2)CC1. The van der Waals surface area contributed by atoms with Crippen molar-refractivity contribution >= 4 is 17.7 Å². The van der Waals surface area contributed by atoms with Crippen molar-refractivity contribution in [2.24, 2.45) is 0 Å². The average molecular weight is 467 g/mol. The first-order chi connectivity index (χ1) is 16.4. The monoisotopic (exact) mass is 467 g/mol. The quantitative estimate of drug-likeness (QED) is 0.513. The van der Waals surface area contributed by atoms with Gasteiger partial charge in [-0.2, -0.15) is 4.68 Å². The van der Waals surface area contributed by atoms with Gasteiger partial charge in [0.05, 0.1) is 23.4 Å². The number of amides is 3. The molecule has 0 radical (unpaired) electrons. The largest absolute Gasteiger partial charge is 0.339 e. The number of aromatic nitrogens is 4. The summed E-state index contributed by atoms with van der Waals surface area (Å²) in [4.78, 5) is 42.4. The maximum Gasteiger partial charge on any atom is 0.262 e. The summed E-state index contributed by atoms with van der Waals surface area (Å²) in [6.07, 6.45) is 0. The Morgan fingerprint density at radius 1 is 0.912 bits per heavy atom. The lowest BCUT2D eigenvalue weighted by molar-refractivity contribution is -0.133. The van der Waals surface area contributed by atoms with Gasteiger partial charge in [-0.05, 0) is 34.7 Å². The molecule has 0 N–H and O–H groups in total. The molecule has 12 heteroatoms. The predicted octanol–water partition coefficient (Wildman–Crippen LogP) is 0.881. The van der Waals surface area contributed by atoms with E-state index in [-0.39, 0.29) is 12.5 Å². The van der Waals surface area contributed by atoms with Gasteiger partial charge in [0.25, 0.3) is 11.8 Å². The minimum Gasteiger partial charge on any atom is -0.339 e. The van der Waals surface area contributed by atoms with Crippen LogP contribution in [0.4, 0.5) is 8.78 Å². The van der Waals surface area contributed by atoms with E-state index in [1.54, 1.807) is 29.2 Å². The molecule has 2 aliphatic heterocycles. The smallest absolute Gasteiger partial charge is 0.262 e. The fourth-order valence-electron chi connectivity index (χ4n) is 4.10. The van der Waals surface area contributed by atoms with Gasteiger partial charge >= 0.3 is 0 Å². The van der Waals surface area contributed by atoms with E-state index in [0.717, 1.165) is 17.0 Å². The Kier molecular flexibility index (Phi) is 5.57. The third-order valence-electron chi connectivity index (χ3n) is 5.94. The van der Waals surface area contributed by atoms with Crippen LogP contribution >= 0.6 is 0 Å². The van der Waals surface area contributed by atoms with Crippen molar-refractivity contribution in [3.8, 4) is 5.69 Å². The standard InChI is InChI=1S/C22H19F2N7O3/c23-17-6-5-14(11-18(17)24)31-19(25-26-27-31)12-28-7-9-29(10-8-28)20(32)13-30-21(33)15-3-1-2-4-16(15)22(30)34/h1-6,11H,7-10,12-13H2. The Bertz CT molecular complexity index is 1250. The molecule has 0 saturated carbocycles. The van der Waals surface area contributed by atoms with Gasteiger partial charge in [0.2, 0.25) is 5.91 Å². The molecule has 1 saturated heterocycles. The number of imide groups is 1. The molecule has 2 aromatic carbocycles. The second-order valence-electron chi connectivity index (χ2n) is 8.00. The summed E-state index contributed by atoms with van der Waals surface area (Å²) in [5.74, 6) is -2.74. The lowest BCUT2D eigenvalue weighted by Crippen LogP contribution is -2.51. The highest BCUT2D eigenvalue weighted by molar-refractivity contribution is 6.22. The molecule has 3 amide bonds. The molecule has 34 heavy (non-hydrogen) atoms. The number of hydrogen-bond acceptors (Lipinski definition) is 7. The number of fused-ring (bicyclic) bond motifs is 1. The van der Waals surface area contributed by atoms with Gasteiger partial charge in [-0.15, -0.1) is 5.10 Å². The first-order valence-electron chi connectivity index (χ1n) is 10.6. The van der Waals surface area contributed by atoms with Crippen molar-refractivity contribution in [2.45, 2.75) is 6.54 Å². The van der Waals surface area contributed by atoms with Crippen LogP contribution in [-0.4, -0.2) is 85.4 Å². The van der Waals surface area contributed by atoms with Crippen molar-refractivity contribution in [3.05, 3.63) is 71.1 Å². The zero-order valence-corrected chi connectivity index (χ0v) is 17.9. The first-order valence-corrected chi connectivity index (χ1v) is 10.6. The second kappa shape index (κ2) is 8.71. The highest BCUT2D eigenvalue weighted by Gasteiger charge is 2.37. The van der Waals surface area contributed by atoms with E-state index < -0.39 is 23.4 Å². The molecule has 0 spiro atoms. The molecule has 0 aliphatic carbocycles. The van der Waals surface area contributed by atoms with Crippen molar-refractivity contribution in [2.75, 3.05) is 32.7 Å². The van der Waals surface area contributed by atoms with Gasteiger partial charge in [0.1, 0.15) is 6.54 Å². The normalized spacial score (nSPS) is 16.3. The highest BCUT2D eigenvalue weighted by Crippen LogP contribution is 2.22. The van der Waals surface area contributed by atoms with Crippen LogP contribution in [0.2, 0.25) is 0 Å². The Morgan fingerprint density at radius 3 is 2.24 bits per heavy atom. The van der Waals surface area contributed by atoms with Crippen molar-refractivity contribution in [1.29, 1.82) is 0 Å². The van der Waals surface area contributed by atoms with Crippen LogP contribution in [0.15, 0.2) is 42.5 Å². The molecular weight excluding hydrogens is 448 g/mol. The summed E-state index contributed by atoms with van der Waals surface area (Å²) in [6.45, 7) is 1.85. The van der Waals surface area contributed by atoms with Crippen LogP contribution in [0.25, 0.3) is 5.69 Å². The maximum absolute atomic E-state index is 13.6. The first kappa shape index (κ1) is 21.8. The van der Waals surface area contributed by atoms with Gasteiger partial charge < -0.3 is 4.90 Å². The molecule has 3 aromatic rings. The lowest BCUT2D eigenvalue weighted by Gasteiger charge is -2.34. The van der Waals surface area contributed by atoms with E-state index in [9.17, 15) is 23.2 Å². The van der Waals surface area contributed by atoms with Gasteiger partial charge in [-0.25, -0.2) is 8.78 Å². The van der Waals surface area contributed by atoms with Crippen molar-refractivity contribution in [3.63, 3.8) is 0 Å². The summed E-state index contributed by atoms with van der Waals surface area (Å²) in [5.41, 5.74) is 0.918. The molecule has 5 rings (SSSR count). The minimum absolute atomic E-state index is 0.300. The van der Waals surface area contributed by atoms with Crippen LogP contribution < -0.4 is 0 Å². The van der Waals surface area contributed by atoms with E-state index in [2.05, 4.69) is 15.5 Å². The van der Waals surface area contributed by atoms with Gasteiger partial charge in [0.15, 0.2) is 17.5 Å². The summed E-state index contributed by atoms with van der Waals surface area (Å²) >= 11 is 0. The molecule has 2 aliphatic rings. The van der Waals surface area contributed by atoms with Crippen molar-refractivity contribution in [1.82, 2.24) is 34.9 Å². The van der Waals surface area contributed by atoms with E-state index in [1.165, 1.54) is 10.7 Å². The molecule has 1 aromatic heterocycles. The van der Waals surface area contributed by atoms with Crippen LogP contribution in [-0.2, 0) is 11.3 Å². The fourth-order valence-corrected chi connectivity index (χ4v) is 4.10. The molecular formula is C22H19F2N7O3. The van der Waals surface area contributed by atoms with Gasteiger partial charge in [-0.3, -0.25) is 24.2 Å². The molecule has 0 atom stereocenters. The zero-order valence-electron chi connectivity index (χ0n) is 17.9. The van der Waals surface area contributed by atoms with E-state index in [0.29, 0.717) is 55.4 Å². The fraction of sp³-hybridized carbons (Fsp3) is 0.273. The summed E-state index contributed by atoms with van der Waals surface area (Å²) in [7, 11) is 0. The molecule has 0 unspecified atom stereocenters. The van der Waals surface area contributed by atoms with Crippen molar-refractivity contribution < 1.29 is 23.2 Å². The third-order valence-corrected chi connectivity index (χ3v) is 5.94. The molecule has 174 valence electrons. The number of tetrazole rings is 1. The third kappa shape index (κ3) is 3.92. The average Bonchev–Trinajstić information content (AvgIpc) is 3.40. The Morgan fingerprint density at radius 2 is 1.59 bits per heavy atom. The van der Waals surface area contributed by atoms with Gasteiger partial charge in [0, 0.05) is 32.2 Å². The summed E-state index contributed by atoms with van der Waals surface area (Å²) in [5, 5.41) is 11.5. The number of carbonyl (C=O) groups excluding carboxylic acids is 3. The van der Waals surface area contributed by atoms with Crippen LogP contribution in [0.3, 0.4) is 0 Å². The minimum atomic E-state index is -0.996. The van der Waals surface area contributed by atoms with Gasteiger partial charge in [-0.1, -0.05) is 12.1 Å². The lowest BCUT2D eigenvalue weighted by atomic mass is 10.1. The Labute approximate surface area is 192 Å². The molecule has 10 nitrogen and oxygen atoms in total. The number of hydrogen-bond donors (Lipinski definition) is 0. The Hall–Kier alpha value is -4.06. The topological polar surface area (TPSA) is 105 Å². The zero-order chi connectivity index (χ0) is 23.8. The number of rotatable bonds is 5. The Balaban J connectivity index is 1.18. The summed E-state index contributed by atoms with van der Waals surface area (Å²) in [6, 6.07) is 9.92. The maximum atomic E-state index is 13.6. The second-order valence-corrected chi connectivity index (χ2v) is 8.00. The van der Waals surface area contributed by atoms with E-state index in [1.807, 2.05) is 4.90 Å². The number of nitrogens with zero attached hydrogens (tertiary/aromatic N) is 7. The molecule has 3 heterocycles. The van der Waals surface area contributed by atoms with E-state index in [4.69, 9.17) is 0 Å². The number of benzene rings is 2.